The van der Waals surface area contributed by atoms with Crippen molar-refractivity contribution in [3.8, 4) is 34.0 Å². The molecule has 3 heterocycles. The molecule has 0 bridgehead atoms. The molecule has 0 radical (unpaired) electrons. The van der Waals surface area contributed by atoms with Gasteiger partial charge >= 0.3 is 0 Å². The highest BCUT2D eigenvalue weighted by molar-refractivity contribution is 5.75. The van der Waals surface area contributed by atoms with Crippen LogP contribution >= 0.6 is 0 Å². The summed E-state index contributed by atoms with van der Waals surface area (Å²) in [6, 6.07) is 8.45. The van der Waals surface area contributed by atoms with Gasteiger partial charge in [0.2, 0.25) is 5.88 Å². The van der Waals surface area contributed by atoms with Gasteiger partial charge in [0.05, 0.1) is 19.0 Å². The van der Waals surface area contributed by atoms with Crippen LogP contribution in [0.25, 0.3) is 22.4 Å². The first-order chi connectivity index (χ1) is 15.9. The molecule has 5 rings (SSSR count). The number of nitrogens with one attached hydrogen (secondary N) is 1. The number of phenolic OH excluding ortho intramolecular Hbond substituents is 1. The van der Waals surface area contributed by atoms with Crippen molar-refractivity contribution in [3.05, 3.63) is 42.3 Å². The Balaban J connectivity index is 1.34. The first kappa shape index (κ1) is 21.5. The van der Waals surface area contributed by atoms with Gasteiger partial charge in [-0.2, -0.15) is 5.10 Å². The van der Waals surface area contributed by atoms with Crippen LogP contribution < -0.4 is 15.0 Å². The highest BCUT2D eigenvalue weighted by Crippen LogP contribution is 2.36. The lowest BCUT2D eigenvalue weighted by Gasteiger charge is -2.36. The number of rotatable bonds is 6. The summed E-state index contributed by atoms with van der Waals surface area (Å²) < 4.78 is 20.0. The lowest BCUT2D eigenvalue weighted by atomic mass is 9.89. The summed E-state index contributed by atoms with van der Waals surface area (Å²) in [7, 11) is 1.46. The molecule has 1 saturated carbocycles. The number of benzene rings is 1. The predicted molar refractivity (Wildman–Crippen MR) is 123 cm³/mol. The smallest absolute Gasteiger partial charge is 0.233 e. The number of hydrogen-bond acceptors (Lipinski definition) is 8. The van der Waals surface area contributed by atoms with Gasteiger partial charge in [-0.15, -0.1) is 15.3 Å². The molecule has 1 aromatic carbocycles. The number of phenols is 1. The van der Waals surface area contributed by atoms with Gasteiger partial charge in [0.15, 0.2) is 5.82 Å². The second kappa shape index (κ2) is 8.55. The molecule has 3 aromatic rings. The van der Waals surface area contributed by atoms with E-state index in [0.29, 0.717) is 17.3 Å². The highest BCUT2D eigenvalue weighted by atomic mass is 19.1. The van der Waals surface area contributed by atoms with Crippen LogP contribution in [0.5, 0.6) is 11.6 Å². The number of aromatic hydroxyl groups is 1. The number of nitrogens with zero attached hydrogens (tertiary/aromatic N) is 5. The lowest BCUT2D eigenvalue weighted by Crippen LogP contribution is -2.52. The molecule has 0 spiro atoms. The Bertz CT molecular complexity index is 1150. The average molecular weight is 451 g/mol. The second-order valence-electron chi connectivity index (χ2n) is 9.12. The Morgan fingerprint density at radius 2 is 2.00 bits per heavy atom. The van der Waals surface area contributed by atoms with Crippen LogP contribution in [0.15, 0.2) is 36.5 Å². The summed E-state index contributed by atoms with van der Waals surface area (Å²) in [4.78, 5) is 2.22. The van der Waals surface area contributed by atoms with Crippen LogP contribution in [0, 0.1) is 5.82 Å². The molecule has 9 heteroatoms. The van der Waals surface area contributed by atoms with E-state index < -0.39 is 5.82 Å². The number of ether oxygens (including phenoxy) is 1. The normalized spacial score (nSPS) is 20.6. The molecule has 1 saturated heterocycles. The molecule has 0 amide bonds. The average Bonchev–Trinajstić information content (AvgIpc) is 3.20. The minimum atomic E-state index is -0.513. The summed E-state index contributed by atoms with van der Waals surface area (Å²) in [6.07, 6.45) is 6.29. The van der Waals surface area contributed by atoms with Crippen molar-refractivity contribution in [1.29, 1.82) is 0 Å². The van der Waals surface area contributed by atoms with Crippen molar-refractivity contribution in [2.24, 2.45) is 0 Å². The number of anilines is 1. The molecule has 0 unspecified atom stereocenters. The molecule has 33 heavy (non-hydrogen) atoms. The van der Waals surface area contributed by atoms with Crippen molar-refractivity contribution >= 4 is 5.82 Å². The van der Waals surface area contributed by atoms with Crippen molar-refractivity contribution < 1.29 is 14.2 Å². The Labute approximate surface area is 191 Å². The molecule has 1 aliphatic carbocycles. The Morgan fingerprint density at radius 3 is 2.70 bits per heavy atom. The number of aromatic nitrogens is 4. The first-order valence-corrected chi connectivity index (χ1v) is 11.2. The van der Waals surface area contributed by atoms with Gasteiger partial charge in [-0.1, -0.05) is 6.42 Å². The van der Waals surface area contributed by atoms with Gasteiger partial charge < -0.3 is 20.1 Å². The van der Waals surface area contributed by atoms with Crippen LogP contribution in [0.2, 0.25) is 0 Å². The zero-order valence-corrected chi connectivity index (χ0v) is 18.8. The number of halogens is 1. The Kier molecular flexibility index (Phi) is 5.57. The van der Waals surface area contributed by atoms with Gasteiger partial charge in [-0.05, 0) is 50.5 Å². The molecule has 2 aromatic heterocycles. The quantitative estimate of drug-likeness (QED) is 0.589. The van der Waals surface area contributed by atoms with E-state index in [2.05, 4.69) is 37.5 Å². The molecule has 8 nitrogen and oxygen atoms in total. The van der Waals surface area contributed by atoms with E-state index in [0.717, 1.165) is 25.3 Å². The molecule has 1 atom stereocenters. The minimum absolute atomic E-state index is 0.0765. The molecule has 2 N–H and O–H groups in total. The maximum absolute atomic E-state index is 14.9. The molecular weight excluding hydrogens is 423 g/mol. The monoisotopic (exact) mass is 450 g/mol. The van der Waals surface area contributed by atoms with Crippen molar-refractivity contribution in [2.45, 2.75) is 44.2 Å². The number of methoxy groups -OCH3 is 1. The van der Waals surface area contributed by atoms with Gasteiger partial charge in [0.1, 0.15) is 11.6 Å². The van der Waals surface area contributed by atoms with E-state index in [1.165, 1.54) is 44.7 Å². The molecule has 2 fully saturated rings. The van der Waals surface area contributed by atoms with Crippen LogP contribution in [0.3, 0.4) is 0 Å². The van der Waals surface area contributed by atoms with E-state index >= 15 is 0 Å². The fraction of sp³-hybridized carbons (Fsp3) is 0.417. The third kappa shape index (κ3) is 4.32. The molecular formula is C24H27FN6O2. The highest BCUT2D eigenvalue weighted by Gasteiger charge is 2.37. The maximum atomic E-state index is 14.9. The van der Waals surface area contributed by atoms with Crippen molar-refractivity contribution in [3.63, 3.8) is 0 Å². The molecule has 172 valence electrons. The van der Waals surface area contributed by atoms with Crippen LogP contribution in [0.4, 0.5) is 10.2 Å². The SMILES string of the molecule is COc1cc(-c2cc(O)c(-c3ccc(N4CC[C@@](C)(NC5CCC5)C4)nn3)cc2F)cnn1. The van der Waals surface area contributed by atoms with E-state index in [1.807, 2.05) is 6.07 Å². The Hall–Kier alpha value is -3.33. The topological polar surface area (TPSA) is 96.3 Å². The van der Waals surface area contributed by atoms with Gasteiger partial charge in [-0.3, -0.25) is 0 Å². The largest absolute Gasteiger partial charge is 0.507 e. The van der Waals surface area contributed by atoms with Crippen LogP contribution in [-0.4, -0.2) is 57.3 Å². The summed E-state index contributed by atoms with van der Waals surface area (Å²) >= 11 is 0. The lowest BCUT2D eigenvalue weighted by molar-refractivity contribution is 0.253. The first-order valence-electron chi connectivity index (χ1n) is 11.2. The van der Waals surface area contributed by atoms with Crippen LogP contribution in [0.1, 0.15) is 32.6 Å². The van der Waals surface area contributed by atoms with Crippen molar-refractivity contribution in [1.82, 2.24) is 25.7 Å². The predicted octanol–water partition coefficient (Wildman–Crippen LogP) is 3.56. The van der Waals surface area contributed by atoms with E-state index in [-0.39, 0.29) is 28.3 Å². The van der Waals surface area contributed by atoms with Gasteiger partial charge in [-0.25, -0.2) is 4.39 Å². The summed E-state index contributed by atoms with van der Waals surface area (Å²) in [5.41, 5.74) is 1.41. The van der Waals surface area contributed by atoms with E-state index in [4.69, 9.17) is 4.74 Å². The molecule has 1 aliphatic heterocycles. The zero-order valence-electron chi connectivity index (χ0n) is 18.8. The van der Waals surface area contributed by atoms with Gasteiger partial charge in [0.25, 0.3) is 0 Å². The fourth-order valence-corrected chi connectivity index (χ4v) is 4.54. The fourth-order valence-electron chi connectivity index (χ4n) is 4.54. The van der Waals surface area contributed by atoms with E-state index in [1.54, 1.807) is 12.1 Å². The van der Waals surface area contributed by atoms with Crippen molar-refractivity contribution in [2.75, 3.05) is 25.1 Å². The van der Waals surface area contributed by atoms with Crippen LogP contribution in [-0.2, 0) is 0 Å². The summed E-state index contributed by atoms with van der Waals surface area (Å²) in [5.74, 6) is 0.436. The van der Waals surface area contributed by atoms with E-state index in [9.17, 15) is 9.50 Å². The Morgan fingerprint density at radius 1 is 1.15 bits per heavy atom. The second-order valence-corrected chi connectivity index (χ2v) is 9.12. The van der Waals surface area contributed by atoms with Gasteiger partial charge in [0, 0.05) is 47.4 Å². The third-order valence-corrected chi connectivity index (χ3v) is 6.62. The zero-order chi connectivity index (χ0) is 23.0. The standard InChI is InChI=1S/C24H27FN6O2/c1-24(27-16-4-3-5-16)8-9-31(14-24)22-7-6-20(28-29-22)18-11-19(25)17(12-21(18)32)15-10-23(33-2)30-26-13-15/h6-7,10-13,16,27,32H,3-5,8-9,14H2,1-2H3/t24-/m1/s1. The number of hydrogen-bond donors (Lipinski definition) is 2. The maximum Gasteiger partial charge on any atom is 0.233 e. The summed E-state index contributed by atoms with van der Waals surface area (Å²) in [5, 5.41) is 30.6. The molecule has 2 aliphatic rings. The minimum Gasteiger partial charge on any atom is -0.507 e. The summed E-state index contributed by atoms with van der Waals surface area (Å²) in [6.45, 7) is 4.04. The third-order valence-electron chi connectivity index (χ3n) is 6.62.